The molecule has 2 rings (SSSR count). The Labute approximate surface area is 179 Å². The summed E-state index contributed by atoms with van der Waals surface area (Å²) in [6.07, 6.45) is 2.54. The van der Waals surface area contributed by atoms with Crippen LogP contribution >= 0.6 is 0 Å². The minimum atomic E-state index is -3.54. The average molecular weight is 439 g/mol. The number of carbonyl (C=O) groups excluding carboxylic acids is 1. The standard InChI is InChI=1S/C21H34N4O4S/c1-5-14-25-19-10-9-17(30(27,28)24(6-2)7-3)16-18(19)23-20(25)11-12-21(26)22-13-8-15-29-4/h9-10,16H,5-8,11-15H2,1-4H3,(H,22,26). The molecular formula is C21H34N4O4S. The molecule has 0 aliphatic rings. The Morgan fingerprint density at radius 3 is 2.60 bits per heavy atom. The van der Waals surface area contributed by atoms with Crippen molar-refractivity contribution in [1.29, 1.82) is 0 Å². The number of sulfonamides is 1. The largest absolute Gasteiger partial charge is 0.385 e. The molecule has 0 aliphatic carbocycles. The number of methoxy groups -OCH3 is 1. The Hall–Kier alpha value is -1.97. The van der Waals surface area contributed by atoms with E-state index in [9.17, 15) is 13.2 Å². The highest BCUT2D eigenvalue weighted by Crippen LogP contribution is 2.24. The van der Waals surface area contributed by atoms with Gasteiger partial charge in [-0.3, -0.25) is 4.79 Å². The zero-order chi connectivity index (χ0) is 22.1. The van der Waals surface area contributed by atoms with Crippen molar-refractivity contribution in [2.45, 2.75) is 57.9 Å². The summed E-state index contributed by atoms with van der Waals surface area (Å²) < 4.78 is 34.2. The number of benzene rings is 1. The van der Waals surface area contributed by atoms with E-state index in [2.05, 4.69) is 21.8 Å². The molecular weight excluding hydrogens is 404 g/mol. The molecule has 1 amide bonds. The van der Waals surface area contributed by atoms with E-state index in [-0.39, 0.29) is 10.8 Å². The van der Waals surface area contributed by atoms with Crippen LogP contribution in [0.4, 0.5) is 0 Å². The second-order valence-corrected chi connectivity index (χ2v) is 9.05. The highest BCUT2D eigenvalue weighted by atomic mass is 32.2. The SMILES string of the molecule is CCCn1c(CCC(=O)NCCCOC)nc2cc(S(=O)(=O)N(CC)CC)ccc21. The number of fused-ring (bicyclic) bond motifs is 1. The van der Waals surface area contributed by atoms with Gasteiger partial charge in [-0.05, 0) is 31.0 Å². The van der Waals surface area contributed by atoms with Gasteiger partial charge in [0.2, 0.25) is 15.9 Å². The van der Waals surface area contributed by atoms with Gasteiger partial charge in [-0.25, -0.2) is 13.4 Å². The zero-order valence-corrected chi connectivity index (χ0v) is 19.3. The summed E-state index contributed by atoms with van der Waals surface area (Å²) in [5.41, 5.74) is 1.54. The van der Waals surface area contributed by atoms with E-state index in [0.29, 0.717) is 44.6 Å². The second kappa shape index (κ2) is 11.4. The molecule has 1 heterocycles. The van der Waals surface area contributed by atoms with Crippen molar-refractivity contribution in [3.63, 3.8) is 0 Å². The van der Waals surface area contributed by atoms with Crippen LogP contribution in [0.5, 0.6) is 0 Å². The van der Waals surface area contributed by atoms with Crippen molar-refractivity contribution < 1.29 is 17.9 Å². The van der Waals surface area contributed by atoms with Gasteiger partial charge in [0, 0.05) is 52.7 Å². The van der Waals surface area contributed by atoms with E-state index in [1.807, 2.05) is 19.9 Å². The van der Waals surface area contributed by atoms with E-state index < -0.39 is 10.0 Å². The number of aromatic nitrogens is 2. The lowest BCUT2D eigenvalue weighted by molar-refractivity contribution is -0.121. The summed E-state index contributed by atoms with van der Waals surface area (Å²) >= 11 is 0. The molecule has 2 aromatic rings. The second-order valence-electron chi connectivity index (χ2n) is 7.12. The number of amides is 1. The third kappa shape index (κ3) is 5.80. The quantitative estimate of drug-likeness (QED) is 0.485. The van der Waals surface area contributed by atoms with Crippen LogP contribution in [-0.2, 0) is 32.5 Å². The minimum Gasteiger partial charge on any atom is -0.385 e. The molecule has 168 valence electrons. The topological polar surface area (TPSA) is 93.5 Å². The number of hydrogen-bond acceptors (Lipinski definition) is 5. The molecule has 30 heavy (non-hydrogen) atoms. The molecule has 9 heteroatoms. The number of nitrogens with zero attached hydrogens (tertiary/aromatic N) is 3. The molecule has 0 saturated heterocycles. The molecule has 0 bridgehead atoms. The van der Waals surface area contributed by atoms with Gasteiger partial charge in [-0.2, -0.15) is 4.31 Å². The van der Waals surface area contributed by atoms with Crippen LogP contribution in [0.1, 0.15) is 45.9 Å². The average Bonchev–Trinajstić information content (AvgIpc) is 3.07. The first-order valence-electron chi connectivity index (χ1n) is 10.6. The molecule has 0 saturated carbocycles. The fraction of sp³-hybridized carbons (Fsp3) is 0.619. The first-order valence-corrected chi connectivity index (χ1v) is 12.1. The predicted octanol–water partition coefficient (Wildman–Crippen LogP) is 2.56. The summed E-state index contributed by atoms with van der Waals surface area (Å²) in [5, 5.41) is 2.89. The molecule has 8 nitrogen and oxygen atoms in total. The normalized spacial score (nSPS) is 12.0. The van der Waals surface area contributed by atoms with Gasteiger partial charge < -0.3 is 14.6 Å². The van der Waals surface area contributed by atoms with E-state index in [0.717, 1.165) is 30.7 Å². The Morgan fingerprint density at radius 1 is 1.23 bits per heavy atom. The smallest absolute Gasteiger partial charge is 0.243 e. The van der Waals surface area contributed by atoms with E-state index in [1.54, 1.807) is 19.2 Å². The van der Waals surface area contributed by atoms with Gasteiger partial charge >= 0.3 is 0 Å². The summed E-state index contributed by atoms with van der Waals surface area (Å²) in [6, 6.07) is 5.11. The Bertz CT molecular complexity index is 936. The van der Waals surface area contributed by atoms with Crippen LogP contribution in [0.25, 0.3) is 11.0 Å². The fourth-order valence-electron chi connectivity index (χ4n) is 3.45. The molecule has 0 unspecified atom stereocenters. The number of imidazole rings is 1. The van der Waals surface area contributed by atoms with Crippen molar-refractivity contribution in [1.82, 2.24) is 19.2 Å². The lowest BCUT2D eigenvalue weighted by Crippen LogP contribution is -2.30. The number of nitrogens with one attached hydrogen (secondary N) is 1. The lowest BCUT2D eigenvalue weighted by atomic mass is 10.2. The van der Waals surface area contributed by atoms with Crippen LogP contribution in [-0.4, -0.2) is 61.5 Å². The molecule has 0 radical (unpaired) electrons. The molecule has 1 N–H and O–H groups in total. The number of hydrogen-bond donors (Lipinski definition) is 1. The van der Waals surface area contributed by atoms with Crippen LogP contribution in [0.15, 0.2) is 23.1 Å². The first-order chi connectivity index (χ1) is 14.4. The Balaban J connectivity index is 2.24. The number of rotatable bonds is 13. The zero-order valence-electron chi connectivity index (χ0n) is 18.5. The van der Waals surface area contributed by atoms with Gasteiger partial charge in [-0.1, -0.05) is 20.8 Å². The van der Waals surface area contributed by atoms with Gasteiger partial charge in [0.15, 0.2) is 0 Å². The Morgan fingerprint density at radius 2 is 1.97 bits per heavy atom. The van der Waals surface area contributed by atoms with Gasteiger partial charge in [-0.15, -0.1) is 0 Å². The molecule has 0 spiro atoms. The molecule has 1 aromatic heterocycles. The van der Waals surface area contributed by atoms with Crippen molar-refractivity contribution in [2.75, 3.05) is 33.4 Å². The maximum absolute atomic E-state index is 12.8. The molecule has 1 aromatic carbocycles. The molecule has 0 atom stereocenters. The third-order valence-electron chi connectivity index (χ3n) is 5.01. The monoisotopic (exact) mass is 438 g/mol. The van der Waals surface area contributed by atoms with Crippen LogP contribution in [0, 0.1) is 0 Å². The van der Waals surface area contributed by atoms with Gasteiger partial charge in [0.1, 0.15) is 5.82 Å². The highest BCUT2D eigenvalue weighted by molar-refractivity contribution is 7.89. The predicted molar refractivity (Wildman–Crippen MR) is 118 cm³/mol. The van der Waals surface area contributed by atoms with Crippen molar-refractivity contribution in [2.24, 2.45) is 0 Å². The maximum atomic E-state index is 12.8. The number of ether oxygens (including phenoxy) is 1. The molecule has 0 aliphatic heterocycles. The van der Waals surface area contributed by atoms with Crippen LogP contribution in [0.3, 0.4) is 0 Å². The maximum Gasteiger partial charge on any atom is 0.243 e. The first kappa shape index (κ1) is 24.3. The molecule has 0 fully saturated rings. The summed E-state index contributed by atoms with van der Waals surface area (Å²) in [4.78, 5) is 17.0. The van der Waals surface area contributed by atoms with Crippen molar-refractivity contribution in [3.8, 4) is 0 Å². The van der Waals surface area contributed by atoms with Gasteiger partial charge in [0.25, 0.3) is 0 Å². The van der Waals surface area contributed by atoms with Crippen molar-refractivity contribution in [3.05, 3.63) is 24.0 Å². The van der Waals surface area contributed by atoms with E-state index in [1.165, 1.54) is 4.31 Å². The van der Waals surface area contributed by atoms with Crippen LogP contribution < -0.4 is 5.32 Å². The number of carbonyl (C=O) groups is 1. The third-order valence-corrected chi connectivity index (χ3v) is 7.06. The summed E-state index contributed by atoms with van der Waals surface area (Å²) in [5.74, 6) is 0.780. The fourth-order valence-corrected chi connectivity index (χ4v) is 4.93. The van der Waals surface area contributed by atoms with Gasteiger partial charge in [0.05, 0.1) is 15.9 Å². The van der Waals surface area contributed by atoms with Crippen molar-refractivity contribution >= 4 is 27.0 Å². The minimum absolute atomic E-state index is 0.0222. The highest BCUT2D eigenvalue weighted by Gasteiger charge is 2.23. The van der Waals surface area contributed by atoms with E-state index >= 15 is 0 Å². The lowest BCUT2D eigenvalue weighted by Gasteiger charge is -2.18. The Kier molecular flexibility index (Phi) is 9.26. The number of aryl methyl sites for hydroxylation is 2. The summed E-state index contributed by atoms with van der Waals surface area (Å²) in [6.45, 7) is 8.55. The summed E-state index contributed by atoms with van der Waals surface area (Å²) in [7, 11) is -1.90. The van der Waals surface area contributed by atoms with Crippen LogP contribution in [0.2, 0.25) is 0 Å². The van der Waals surface area contributed by atoms with E-state index in [4.69, 9.17) is 4.74 Å².